The summed E-state index contributed by atoms with van der Waals surface area (Å²) in [6.07, 6.45) is 7.66. The molecule has 0 bridgehead atoms. The van der Waals surface area contributed by atoms with Gasteiger partial charge in [0.2, 0.25) is 0 Å². The molecule has 0 radical (unpaired) electrons. The maximum atomic E-state index is 13.4. The average Bonchev–Trinajstić information content (AvgIpc) is 2.76. The molecule has 7 heteroatoms. The van der Waals surface area contributed by atoms with Crippen LogP contribution in [0.1, 0.15) is 51.5 Å². The van der Waals surface area contributed by atoms with Crippen LogP contribution in [0.15, 0.2) is 35.9 Å². The van der Waals surface area contributed by atoms with E-state index in [0.717, 1.165) is 12.1 Å². The Morgan fingerprint density at radius 3 is 2.59 bits per heavy atom. The summed E-state index contributed by atoms with van der Waals surface area (Å²) in [5.41, 5.74) is 1.52. The third-order valence-electron chi connectivity index (χ3n) is 6.23. The van der Waals surface area contributed by atoms with Gasteiger partial charge < -0.3 is 0 Å². The number of phenolic OH excluding ortho intramolecular Hbond substituents is 1. The normalized spacial score (nSPS) is 25.4. The van der Waals surface area contributed by atoms with Crippen LogP contribution in [0.3, 0.4) is 0 Å². The molecule has 0 aromatic heterocycles. The number of rotatable bonds is 7. The van der Waals surface area contributed by atoms with Crippen LogP contribution in [-0.4, -0.2) is 50.0 Å². The van der Waals surface area contributed by atoms with E-state index in [-0.39, 0.29) is 45.0 Å². The molecule has 5 atom stereocenters. The Kier molecular flexibility index (Phi) is 8.49. The van der Waals surface area contributed by atoms with Crippen LogP contribution in [0.4, 0.5) is 0 Å². The summed E-state index contributed by atoms with van der Waals surface area (Å²) in [5.74, 6) is 1.53. The second-order valence-corrected chi connectivity index (χ2v) is 12.7. The monoisotopic (exact) mass is 556 g/mol. The summed E-state index contributed by atoms with van der Waals surface area (Å²) in [6, 6.07) is 3.34. The zero-order valence-corrected chi connectivity index (χ0v) is 21.7. The maximum absolute atomic E-state index is 13.4. The van der Waals surface area contributed by atoms with Gasteiger partial charge in [-0.3, -0.25) is 0 Å². The molecule has 1 aromatic rings. The number of phenols is 1. The molecule has 32 heavy (non-hydrogen) atoms. The Morgan fingerprint density at radius 2 is 2.03 bits per heavy atom. The molecule has 178 valence electrons. The number of aliphatic hydroxyl groups is 1. The number of halogens is 1. The molecule has 0 saturated carbocycles. The number of methoxy groups -OCH3 is 2. The number of allylic oxidation sites excluding steroid dienone is 2. The number of nitrogens with zero attached hydrogens (tertiary/aromatic N) is 1. The zero-order chi connectivity index (χ0) is 23.4. The van der Waals surface area contributed by atoms with E-state index >= 15 is 0 Å². The van der Waals surface area contributed by atoms with Gasteiger partial charge in [0.1, 0.15) is 0 Å². The number of aromatic hydroxyl groups is 1. The molecule has 2 aliphatic rings. The van der Waals surface area contributed by atoms with Crippen molar-refractivity contribution in [1.82, 2.24) is 3.11 Å². The summed E-state index contributed by atoms with van der Waals surface area (Å²) in [4.78, 5) is 13.4. The van der Waals surface area contributed by atoms with Gasteiger partial charge in [0.15, 0.2) is 0 Å². The van der Waals surface area contributed by atoms with Crippen molar-refractivity contribution in [2.24, 2.45) is 11.8 Å². The molecular weight excluding hydrogens is 521 g/mol. The topological polar surface area (TPSA) is 79.2 Å². The number of benzene rings is 1. The Balaban J connectivity index is 1.94. The van der Waals surface area contributed by atoms with Gasteiger partial charge in [-0.25, -0.2) is 0 Å². The number of alkyl halides is 1. The molecule has 1 saturated heterocycles. The van der Waals surface area contributed by atoms with Crippen molar-refractivity contribution in [2.45, 2.75) is 56.0 Å². The van der Waals surface area contributed by atoms with Crippen molar-refractivity contribution in [2.75, 3.05) is 20.8 Å². The summed E-state index contributed by atoms with van der Waals surface area (Å²) >= 11 is -0.339. The van der Waals surface area contributed by atoms with E-state index in [4.69, 9.17) is 9.47 Å². The molecule has 1 aromatic carbocycles. The predicted molar refractivity (Wildman–Crippen MR) is 121 cm³/mol. The molecule has 3 unspecified atom stereocenters. The fourth-order valence-electron chi connectivity index (χ4n) is 4.60. The van der Waals surface area contributed by atoms with Crippen molar-refractivity contribution in [3.05, 3.63) is 41.5 Å². The van der Waals surface area contributed by atoms with Crippen LogP contribution < -0.4 is 31.0 Å². The molecule has 1 aliphatic heterocycles. The minimum atomic E-state index is -0.530. The fraction of sp³-hybridized carbons (Fsp3) is 0.560. The Bertz CT molecular complexity index is 871. The number of aliphatic hydroxyl groups excluding tert-OH is 1. The number of hydrogen-bond donors (Lipinski definition) is 2. The molecule has 1 amide bonds. The van der Waals surface area contributed by atoms with Crippen LogP contribution in [0.5, 0.6) is 17.2 Å². The van der Waals surface area contributed by atoms with E-state index in [0.29, 0.717) is 39.7 Å². The average molecular weight is 556 g/mol. The van der Waals surface area contributed by atoms with E-state index in [9.17, 15) is 15.0 Å². The van der Waals surface area contributed by atoms with Gasteiger partial charge in [-0.1, -0.05) is 0 Å². The zero-order valence-electron chi connectivity index (χ0n) is 19.5. The SMILES string of the molecule is COc1cc(O)c([C@H](CC(=O)N2CC(C)C[C@@H](C)[I-]2)C2C=CC(C(C)O)=CC2)c(OC)c1. The van der Waals surface area contributed by atoms with E-state index < -0.39 is 6.10 Å². The van der Waals surface area contributed by atoms with Gasteiger partial charge in [-0.15, -0.1) is 0 Å². The quantitative estimate of drug-likeness (QED) is 0.298. The third-order valence-corrected chi connectivity index (χ3v) is 9.29. The van der Waals surface area contributed by atoms with Crippen LogP contribution in [0.2, 0.25) is 0 Å². The predicted octanol–water partition coefficient (Wildman–Crippen LogP) is 1.03. The van der Waals surface area contributed by atoms with E-state index in [1.54, 1.807) is 33.3 Å². The standard InChI is InChI=1S/C25H35INO5/c1-15-10-16(2)26-27(14-15)24(30)13-21(19-8-6-18(7-9-19)17(3)28)25-22(29)11-20(31-4)12-23(25)32-5/h6-8,11-12,15-17,19,21,28-29H,9-10,13-14H2,1-5H3/q-1/t15?,16-,17?,19?,21-/m1/s1. The molecule has 1 heterocycles. The fourth-order valence-corrected chi connectivity index (χ4v) is 8.25. The number of carbonyl (C=O) groups excluding carboxylic acids is 1. The van der Waals surface area contributed by atoms with Crippen molar-refractivity contribution in [3.63, 3.8) is 0 Å². The third kappa shape index (κ3) is 5.78. The van der Waals surface area contributed by atoms with Gasteiger partial charge in [-0.05, 0) is 0 Å². The molecule has 6 nitrogen and oxygen atoms in total. The van der Waals surface area contributed by atoms with Crippen molar-refractivity contribution in [3.8, 4) is 17.2 Å². The summed E-state index contributed by atoms with van der Waals surface area (Å²) in [7, 11) is 3.11. The van der Waals surface area contributed by atoms with Crippen LogP contribution in [0.25, 0.3) is 0 Å². The molecule has 3 rings (SSSR count). The van der Waals surface area contributed by atoms with Gasteiger partial charge in [0.25, 0.3) is 0 Å². The number of hydrogen-bond acceptors (Lipinski definition) is 5. The van der Waals surface area contributed by atoms with Crippen LogP contribution >= 0.6 is 0 Å². The number of amides is 1. The van der Waals surface area contributed by atoms with Crippen LogP contribution in [0, 0.1) is 11.8 Å². The molecule has 1 aliphatic carbocycles. The first-order valence-electron chi connectivity index (χ1n) is 11.2. The summed E-state index contributed by atoms with van der Waals surface area (Å²) < 4.78 is 13.6. The molecule has 0 spiro atoms. The van der Waals surface area contributed by atoms with Crippen molar-refractivity contribution < 1.29 is 46.0 Å². The van der Waals surface area contributed by atoms with Crippen molar-refractivity contribution >= 4 is 5.91 Å². The van der Waals surface area contributed by atoms with E-state index in [1.807, 2.05) is 12.2 Å². The Morgan fingerprint density at radius 1 is 1.28 bits per heavy atom. The Labute approximate surface area is 201 Å². The van der Waals surface area contributed by atoms with Gasteiger partial charge >= 0.3 is 202 Å². The number of ether oxygens (including phenoxy) is 2. The van der Waals surface area contributed by atoms with Gasteiger partial charge in [-0.2, -0.15) is 0 Å². The van der Waals surface area contributed by atoms with Crippen LogP contribution in [-0.2, 0) is 4.79 Å². The van der Waals surface area contributed by atoms with Gasteiger partial charge in [0, 0.05) is 0 Å². The molecular formula is C25H35INO5-. The van der Waals surface area contributed by atoms with E-state index in [1.165, 1.54) is 6.42 Å². The molecule has 1 fully saturated rings. The van der Waals surface area contributed by atoms with E-state index in [2.05, 4.69) is 23.0 Å². The minimum absolute atomic E-state index is 0.00693. The second-order valence-electron chi connectivity index (χ2n) is 8.87. The first kappa shape index (κ1) is 24.9. The van der Waals surface area contributed by atoms with Gasteiger partial charge in [0.05, 0.1) is 0 Å². The molecule has 2 N–H and O–H groups in total. The second kappa shape index (κ2) is 10.9. The van der Waals surface area contributed by atoms with Crippen molar-refractivity contribution in [1.29, 1.82) is 0 Å². The number of carbonyl (C=O) groups is 1. The summed E-state index contributed by atoms with van der Waals surface area (Å²) in [5, 5.41) is 20.8. The first-order chi connectivity index (χ1) is 15.2. The summed E-state index contributed by atoms with van der Waals surface area (Å²) in [6.45, 7) is 7.02. The first-order valence-corrected chi connectivity index (χ1v) is 13.4. The Hall–Kier alpha value is -1.74.